The summed E-state index contributed by atoms with van der Waals surface area (Å²) in [6.45, 7) is 2.21. The Morgan fingerprint density at radius 1 is 1.15 bits per heavy atom. The highest BCUT2D eigenvalue weighted by Crippen LogP contribution is 2.33. The highest BCUT2D eigenvalue weighted by Gasteiger charge is 2.26. The molecule has 2 aromatic carbocycles. The number of amides is 1. The molecule has 33 heavy (non-hydrogen) atoms. The van der Waals surface area contributed by atoms with Gasteiger partial charge < -0.3 is 10.1 Å². The first-order valence-corrected chi connectivity index (χ1v) is 12.4. The molecular weight excluding hydrogens is 458 g/mol. The van der Waals surface area contributed by atoms with Crippen LogP contribution in [0.4, 0.5) is 5.69 Å². The third kappa shape index (κ3) is 4.69. The van der Waals surface area contributed by atoms with Crippen LogP contribution in [0.25, 0.3) is 10.1 Å². The summed E-state index contributed by atoms with van der Waals surface area (Å²) in [5, 5.41) is 3.68. The summed E-state index contributed by atoms with van der Waals surface area (Å²) in [6, 6.07) is 15.9. The van der Waals surface area contributed by atoms with Crippen LogP contribution in [0, 0.1) is 6.92 Å². The van der Waals surface area contributed by atoms with Gasteiger partial charge in [-0.05, 0) is 65.9 Å². The Labute approximate surface area is 196 Å². The standard InChI is InChI=1S/C24H23N3O4S2/c1-16-6-8-20(31-3)23(11-16)33(29,30)27(2)19-7-9-21-18(12-19)13-22(32-21)24(28)26-15-17-5-4-10-25-14-17/h4-14H,15H2,1-3H3,(H,26,28). The quantitative estimate of drug-likeness (QED) is 0.424. The number of nitrogens with one attached hydrogen (secondary N) is 1. The first kappa shape index (κ1) is 22.8. The summed E-state index contributed by atoms with van der Waals surface area (Å²) in [5.41, 5.74) is 2.22. The van der Waals surface area contributed by atoms with Gasteiger partial charge in [0.05, 0.1) is 17.7 Å². The lowest BCUT2D eigenvalue weighted by Crippen LogP contribution is -2.27. The molecule has 0 atom stereocenters. The monoisotopic (exact) mass is 481 g/mol. The Morgan fingerprint density at radius 3 is 2.70 bits per heavy atom. The topological polar surface area (TPSA) is 88.6 Å². The molecule has 0 bridgehead atoms. The van der Waals surface area contributed by atoms with E-state index < -0.39 is 10.0 Å². The number of ether oxygens (including phenoxy) is 1. The Bertz CT molecular complexity index is 1420. The molecule has 0 fully saturated rings. The molecule has 0 aliphatic rings. The molecular formula is C24H23N3O4S2. The van der Waals surface area contributed by atoms with Gasteiger partial charge in [-0.3, -0.25) is 14.1 Å². The number of benzene rings is 2. The van der Waals surface area contributed by atoms with Gasteiger partial charge in [-0.2, -0.15) is 0 Å². The van der Waals surface area contributed by atoms with Gasteiger partial charge in [-0.25, -0.2) is 8.42 Å². The molecule has 0 aliphatic carbocycles. The van der Waals surface area contributed by atoms with Crippen LogP contribution in [-0.2, 0) is 16.6 Å². The van der Waals surface area contributed by atoms with E-state index in [1.165, 1.54) is 29.8 Å². The zero-order chi connectivity index (χ0) is 23.6. The second-order valence-corrected chi connectivity index (χ2v) is 10.5. The maximum absolute atomic E-state index is 13.3. The molecule has 1 N–H and O–H groups in total. The lowest BCUT2D eigenvalue weighted by molar-refractivity contribution is 0.0955. The summed E-state index contributed by atoms with van der Waals surface area (Å²) >= 11 is 1.36. The number of anilines is 1. The molecule has 2 aromatic heterocycles. The van der Waals surface area contributed by atoms with Crippen LogP contribution in [0.2, 0.25) is 0 Å². The van der Waals surface area contributed by atoms with Crippen LogP contribution in [0.1, 0.15) is 20.8 Å². The van der Waals surface area contributed by atoms with Crippen molar-refractivity contribution in [1.29, 1.82) is 0 Å². The van der Waals surface area contributed by atoms with Crippen LogP contribution in [0.3, 0.4) is 0 Å². The lowest BCUT2D eigenvalue weighted by Gasteiger charge is -2.21. The summed E-state index contributed by atoms with van der Waals surface area (Å²) in [6.07, 6.45) is 3.39. The minimum Gasteiger partial charge on any atom is -0.495 e. The molecule has 9 heteroatoms. The number of thiophene rings is 1. The molecule has 2 heterocycles. The first-order chi connectivity index (χ1) is 15.8. The van der Waals surface area contributed by atoms with Crippen LogP contribution >= 0.6 is 11.3 Å². The van der Waals surface area contributed by atoms with Gasteiger partial charge >= 0.3 is 0 Å². The second kappa shape index (κ2) is 9.21. The Balaban J connectivity index is 1.59. The Kier molecular flexibility index (Phi) is 6.35. The molecule has 170 valence electrons. The minimum atomic E-state index is -3.85. The van der Waals surface area contributed by atoms with E-state index in [4.69, 9.17) is 4.74 Å². The van der Waals surface area contributed by atoms with Crippen molar-refractivity contribution in [2.45, 2.75) is 18.4 Å². The number of sulfonamides is 1. The number of carbonyl (C=O) groups excluding carboxylic acids is 1. The third-order valence-electron chi connectivity index (χ3n) is 5.22. The largest absolute Gasteiger partial charge is 0.495 e. The number of nitrogens with zero attached hydrogens (tertiary/aromatic N) is 2. The summed E-state index contributed by atoms with van der Waals surface area (Å²) < 4.78 is 34.0. The van der Waals surface area contributed by atoms with E-state index in [0.29, 0.717) is 17.1 Å². The minimum absolute atomic E-state index is 0.105. The van der Waals surface area contributed by atoms with Crippen molar-refractivity contribution in [3.63, 3.8) is 0 Å². The fourth-order valence-electron chi connectivity index (χ4n) is 3.38. The van der Waals surface area contributed by atoms with Gasteiger partial charge in [0, 0.05) is 30.7 Å². The fraction of sp³-hybridized carbons (Fsp3) is 0.167. The first-order valence-electron chi connectivity index (χ1n) is 10.1. The molecule has 0 saturated carbocycles. The molecule has 4 rings (SSSR count). The van der Waals surface area contributed by atoms with Gasteiger partial charge in [0.2, 0.25) is 0 Å². The van der Waals surface area contributed by atoms with E-state index in [0.717, 1.165) is 21.2 Å². The number of pyridine rings is 1. The lowest BCUT2D eigenvalue weighted by atomic mass is 10.2. The Morgan fingerprint density at radius 2 is 1.97 bits per heavy atom. The van der Waals surface area contributed by atoms with Crippen LogP contribution in [-0.4, -0.2) is 33.5 Å². The van der Waals surface area contributed by atoms with Crippen LogP contribution in [0.15, 0.2) is 71.9 Å². The average Bonchev–Trinajstić information content (AvgIpc) is 3.26. The van der Waals surface area contributed by atoms with Crippen molar-refractivity contribution in [3.8, 4) is 5.75 Å². The van der Waals surface area contributed by atoms with Gasteiger partial charge in [-0.1, -0.05) is 12.1 Å². The summed E-state index contributed by atoms with van der Waals surface area (Å²) in [4.78, 5) is 17.3. The number of aromatic nitrogens is 1. The number of carbonyl (C=O) groups is 1. The van der Waals surface area contributed by atoms with E-state index in [2.05, 4.69) is 10.3 Å². The maximum atomic E-state index is 13.3. The number of aryl methyl sites for hydroxylation is 1. The highest BCUT2D eigenvalue weighted by atomic mass is 32.2. The van der Waals surface area contributed by atoms with Gasteiger partial charge in [0.25, 0.3) is 15.9 Å². The van der Waals surface area contributed by atoms with E-state index in [1.54, 1.807) is 48.8 Å². The number of fused-ring (bicyclic) bond motifs is 1. The van der Waals surface area contributed by atoms with Crippen molar-refractivity contribution in [1.82, 2.24) is 10.3 Å². The third-order valence-corrected chi connectivity index (χ3v) is 8.14. The number of methoxy groups -OCH3 is 1. The molecule has 0 unspecified atom stereocenters. The van der Waals surface area contributed by atoms with Crippen molar-refractivity contribution >= 4 is 43.0 Å². The fourth-order valence-corrected chi connectivity index (χ4v) is 5.77. The van der Waals surface area contributed by atoms with Crippen molar-refractivity contribution < 1.29 is 17.9 Å². The van der Waals surface area contributed by atoms with Crippen LogP contribution < -0.4 is 14.4 Å². The van der Waals surface area contributed by atoms with Crippen molar-refractivity contribution in [2.75, 3.05) is 18.5 Å². The maximum Gasteiger partial charge on any atom is 0.267 e. The number of hydrogen-bond acceptors (Lipinski definition) is 6. The summed E-state index contributed by atoms with van der Waals surface area (Å²) in [7, 11) is -0.896. The van der Waals surface area contributed by atoms with E-state index >= 15 is 0 Å². The smallest absolute Gasteiger partial charge is 0.267 e. The average molecular weight is 482 g/mol. The Hall–Kier alpha value is -3.43. The van der Waals surface area contributed by atoms with Crippen LogP contribution in [0.5, 0.6) is 5.75 Å². The molecule has 0 spiro atoms. The molecule has 4 aromatic rings. The zero-order valence-corrected chi connectivity index (χ0v) is 20.0. The van der Waals surface area contributed by atoms with Gasteiger partial charge in [-0.15, -0.1) is 11.3 Å². The van der Waals surface area contributed by atoms with E-state index in [-0.39, 0.29) is 16.6 Å². The van der Waals surface area contributed by atoms with E-state index in [9.17, 15) is 13.2 Å². The molecule has 0 aliphatic heterocycles. The summed E-state index contributed by atoms with van der Waals surface area (Å²) in [5.74, 6) is 0.101. The predicted molar refractivity (Wildman–Crippen MR) is 131 cm³/mol. The second-order valence-electron chi connectivity index (χ2n) is 7.50. The predicted octanol–water partition coefficient (Wildman–Crippen LogP) is 4.37. The van der Waals surface area contributed by atoms with E-state index in [1.807, 2.05) is 25.1 Å². The van der Waals surface area contributed by atoms with Crippen molar-refractivity contribution in [2.24, 2.45) is 0 Å². The number of hydrogen-bond donors (Lipinski definition) is 1. The molecule has 0 saturated heterocycles. The molecule has 0 radical (unpaired) electrons. The van der Waals surface area contributed by atoms with Crippen molar-refractivity contribution in [3.05, 3.63) is 83.0 Å². The normalized spacial score (nSPS) is 11.4. The van der Waals surface area contributed by atoms with Gasteiger partial charge in [0.15, 0.2) is 0 Å². The zero-order valence-electron chi connectivity index (χ0n) is 18.4. The molecule has 1 amide bonds. The molecule has 7 nitrogen and oxygen atoms in total. The number of rotatable bonds is 7. The van der Waals surface area contributed by atoms with Gasteiger partial charge in [0.1, 0.15) is 10.6 Å². The SMILES string of the molecule is COc1ccc(C)cc1S(=O)(=O)N(C)c1ccc2sc(C(=O)NCc3cccnc3)cc2c1. The highest BCUT2D eigenvalue weighted by molar-refractivity contribution is 7.93.